The predicted molar refractivity (Wildman–Crippen MR) is 80.1 cm³/mol. The van der Waals surface area contributed by atoms with Crippen LogP contribution in [0.15, 0.2) is 0 Å². The van der Waals surface area contributed by atoms with Crippen molar-refractivity contribution in [2.45, 2.75) is 68.5 Å². The molecule has 1 aliphatic heterocycles. The van der Waals surface area contributed by atoms with Crippen LogP contribution in [0.2, 0.25) is 0 Å². The molecular weight excluding hydrogens is 303 g/mol. The average molecular weight is 328 g/mol. The molecular formula is C17H25LiN2O4. The zero-order valence-electron chi connectivity index (χ0n) is 14.4. The van der Waals surface area contributed by atoms with E-state index in [9.17, 15) is 19.8 Å². The van der Waals surface area contributed by atoms with Crippen LogP contribution in [0.25, 0.3) is 0 Å². The number of carbonyl (C=O) groups excluding carboxylic acids is 2. The van der Waals surface area contributed by atoms with Crippen LogP contribution in [0.5, 0.6) is 0 Å². The summed E-state index contributed by atoms with van der Waals surface area (Å²) in [6, 6.07) is -0.773. The van der Waals surface area contributed by atoms with Crippen LogP contribution in [0.1, 0.15) is 51.4 Å². The van der Waals surface area contributed by atoms with Crippen LogP contribution < -0.4 is 29.3 Å². The van der Waals surface area contributed by atoms with Gasteiger partial charge < -0.3 is 25.2 Å². The van der Waals surface area contributed by atoms with Crippen LogP contribution in [0.3, 0.4) is 0 Å². The number of hydrogen-bond acceptors (Lipinski definition) is 5. The Kier molecular flexibility index (Phi) is 4.80. The summed E-state index contributed by atoms with van der Waals surface area (Å²) in [5.74, 6) is -0.183. The number of aliphatic hydroxyl groups is 1. The fourth-order valence-electron chi connectivity index (χ4n) is 6.10. The standard InChI is InChI=1S/C17H26N2O4.Li/c20-14(19-3-1-2-13(19)15(21)22)9-18-16-5-11-4-12(6-16)8-17(23,7-11)10-16;/h11-13,18,23H,1-10H2,(H,21,22);/q;+1/p-1/t11-,12+,13-,16?,17?;/m0./s1. The minimum absolute atomic E-state index is 0. The molecule has 4 saturated carbocycles. The van der Waals surface area contributed by atoms with Crippen LogP contribution in [-0.4, -0.2) is 52.2 Å². The minimum Gasteiger partial charge on any atom is -0.548 e. The summed E-state index contributed by atoms with van der Waals surface area (Å²) < 4.78 is 0. The molecule has 0 aromatic rings. The molecule has 1 heterocycles. The molecule has 5 atom stereocenters. The number of amides is 1. The molecule has 7 heteroatoms. The van der Waals surface area contributed by atoms with Crippen molar-refractivity contribution in [2.75, 3.05) is 13.1 Å². The van der Waals surface area contributed by atoms with Gasteiger partial charge in [-0.3, -0.25) is 4.79 Å². The molecule has 4 aliphatic carbocycles. The monoisotopic (exact) mass is 328 g/mol. The maximum absolute atomic E-state index is 12.4. The van der Waals surface area contributed by atoms with Crippen molar-refractivity contribution in [1.29, 1.82) is 0 Å². The summed E-state index contributed by atoms with van der Waals surface area (Å²) in [4.78, 5) is 25.0. The molecule has 1 amide bonds. The van der Waals surface area contributed by atoms with Gasteiger partial charge in [-0.05, 0) is 63.2 Å². The fourth-order valence-corrected chi connectivity index (χ4v) is 6.10. The van der Waals surface area contributed by atoms with Gasteiger partial charge in [-0.25, -0.2) is 0 Å². The molecule has 2 N–H and O–H groups in total. The molecule has 0 aromatic carbocycles. The molecule has 1 saturated heterocycles. The third kappa shape index (κ3) is 3.14. The Morgan fingerprint density at radius 3 is 2.46 bits per heavy atom. The number of nitrogens with zero attached hydrogens (tertiary/aromatic N) is 1. The average Bonchev–Trinajstić information content (AvgIpc) is 2.91. The fraction of sp³-hybridized carbons (Fsp3) is 0.882. The first-order valence-electron chi connectivity index (χ1n) is 8.86. The molecule has 0 radical (unpaired) electrons. The Morgan fingerprint density at radius 2 is 1.88 bits per heavy atom. The van der Waals surface area contributed by atoms with Crippen LogP contribution >= 0.6 is 0 Å². The number of carboxylic acid groups (broad SMARTS) is 1. The topological polar surface area (TPSA) is 92.7 Å². The van der Waals surface area contributed by atoms with E-state index in [0.29, 0.717) is 24.8 Å². The Balaban J connectivity index is 0.00000169. The first-order chi connectivity index (χ1) is 10.9. The Labute approximate surface area is 154 Å². The SMILES string of the molecule is O=C([O-])[C@@H]1CCCN1C(=O)CNC12C[C@@H]3C[C@@H](CC(O)(C3)C1)C2.[Li+]. The van der Waals surface area contributed by atoms with Crippen LogP contribution in [-0.2, 0) is 9.59 Å². The van der Waals surface area contributed by atoms with Gasteiger partial charge >= 0.3 is 18.9 Å². The Hall–Kier alpha value is -0.543. The van der Waals surface area contributed by atoms with Gasteiger partial charge in [0.15, 0.2) is 0 Å². The van der Waals surface area contributed by atoms with E-state index in [1.54, 1.807) is 0 Å². The van der Waals surface area contributed by atoms with Crippen molar-refractivity contribution in [1.82, 2.24) is 10.2 Å². The van der Waals surface area contributed by atoms with Crippen molar-refractivity contribution in [2.24, 2.45) is 11.8 Å². The predicted octanol–water partition coefficient (Wildman–Crippen LogP) is -3.60. The van der Waals surface area contributed by atoms with E-state index in [4.69, 9.17) is 0 Å². The number of carboxylic acids is 1. The van der Waals surface area contributed by atoms with Gasteiger partial charge in [0.1, 0.15) is 0 Å². The van der Waals surface area contributed by atoms with Gasteiger partial charge in [0.05, 0.1) is 24.2 Å². The number of likely N-dealkylation sites (tertiary alicyclic amines) is 1. The van der Waals surface area contributed by atoms with Crippen LogP contribution in [0, 0.1) is 11.8 Å². The maximum Gasteiger partial charge on any atom is 1.00 e. The molecule has 0 spiro atoms. The first kappa shape index (κ1) is 18.3. The summed E-state index contributed by atoms with van der Waals surface area (Å²) in [6.45, 7) is 0.667. The summed E-state index contributed by atoms with van der Waals surface area (Å²) in [7, 11) is 0. The molecule has 4 bridgehead atoms. The first-order valence-corrected chi connectivity index (χ1v) is 8.86. The second-order valence-corrected chi connectivity index (χ2v) is 8.38. The van der Waals surface area contributed by atoms with Crippen molar-refractivity contribution < 1.29 is 38.7 Å². The number of rotatable bonds is 4. The quantitative estimate of drug-likeness (QED) is 0.521. The molecule has 5 fully saturated rings. The second-order valence-electron chi connectivity index (χ2n) is 8.38. The van der Waals surface area contributed by atoms with Gasteiger partial charge in [0.25, 0.3) is 0 Å². The van der Waals surface area contributed by atoms with E-state index in [2.05, 4.69) is 5.32 Å². The second kappa shape index (κ2) is 6.32. The normalized spacial score (nSPS) is 42.9. The number of aliphatic carboxylic acids is 1. The van der Waals surface area contributed by atoms with E-state index in [1.165, 1.54) is 11.3 Å². The van der Waals surface area contributed by atoms with Crippen molar-refractivity contribution in [3.8, 4) is 0 Å². The Morgan fingerprint density at radius 1 is 1.21 bits per heavy atom. The third-order valence-electron chi connectivity index (χ3n) is 6.49. The minimum atomic E-state index is -1.15. The summed E-state index contributed by atoms with van der Waals surface area (Å²) in [5, 5.41) is 25.3. The molecule has 128 valence electrons. The zero-order valence-corrected chi connectivity index (χ0v) is 14.4. The molecule has 0 aromatic heterocycles. The van der Waals surface area contributed by atoms with Crippen molar-refractivity contribution >= 4 is 11.9 Å². The number of hydrogen-bond donors (Lipinski definition) is 2. The van der Waals surface area contributed by atoms with E-state index >= 15 is 0 Å². The summed E-state index contributed by atoms with van der Waals surface area (Å²) in [5.41, 5.74) is -0.688. The van der Waals surface area contributed by atoms with Gasteiger partial charge in [-0.15, -0.1) is 0 Å². The Bertz CT molecular complexity index is 527. The summed E-state index contributed by atoms with van der Waals surface area (Å²) in [6.07, 6.45) is 7.01. The third-order valence-corrected chi connectivity index (χ3v) is 6.49. The maximum atomic E-state index is 12.4. The van der Waals surface area contributed by atoms with Gasteiger partial charge in [0.2, 0.25) is 5.91 Å². The van der Waals surface area contributed by atoms with E-state index < -0.39 is 17.6 Å². The van der Waals surface area contributed by atoms with Gasteiger partial charge in [0, 0.05) is 12.1 Å². The van der Waals surface area contributed by atoms with Crippen LogP contribution in [0.4, 0.5) is 0 Å². The molecule has 2 unspecified atom stereocenters. The van der Waals surface area contributed by atoms with E-state index in [0.717, 1.165) is 38.5 Å². The molecule has 5 rings (SSSR count). The van der Waals surface area contributed by atoms with Crippen molar-refractivity contribution in [3.05, 3.63) is 0 Å². The molecule has 24 heavy (non-hydrogen) atoms. The molecule has 6 nitrogen and oxygen atoms in total. The zero-order chi connectivity index (χ0) is 16.2. The summed E-state index contributed by atoms with van der Waals surface area (Å²) >= 11 is 0. The molecule has 5 aliphatic rings. The number of nitrogens with one attached hydrogen (secondary N) is 1. The van der Waals surface area contributed by atoms with Gasteiger partial charge in [-0.1, -0.05) is 0 Å². The van der Waals surface area contributed by atoms with Gasteiger partial charge in [-0.2, -0.15) is 0 Å². The van der Waals surface area contributed by atoms with Crippen molar-refractivity contribution in [3.63, 3.8) is 0 Å². The number of carbonyl (C=O) groups is 2. The smallest absolute Gasteiger partial charge is 0.548 e. The van der Waals surface area contributed by atoms with E-state index in [1.807, 2.05) is 0 Å². The largest absolute Gasteiger partial charge is 1.00 e. The van der Waals surface area contributed by atoms with E-state index in [-0.39, 0.29) is 36.9 Å².